The summed E-state index contributed by atoms with van der Waals surface area (Å²) in [5.41, 5.74) is 6.69. The second kappa shape index (κ2) is 46.6. The number of rotatable bonds is 49. The maximum absolute atomic E-state index is 12.2. The number of unbranched alkanes of at least 4 members (excludes halogenated alkanes) is 25. The van der Waals surface area contributed by atoms with Crippen LogP contribution in [0.15, 0.2) is 11.9 Å². The third-order valence-electron chi connectivity index (χ3n) is 11.8. The van der Waals surface area contributed by atoms with Crippen molar-refractivity contribution in [2.75, 3.05) is 52.8 Å². The van der Waals surface area contributed by atoms with Crippen LogP contribution in [0, 0.1) is 0 Å². The molecule has 0 aliphatic rings. The van der Waals surface area contributed by atoms with Gasteiger partial charge in [0.2, 0.25) is 0 Å². The lowest BCUT2D eigenvalue weighted by molar-refractivity contribution is -0.143. The molecule has 3 N–H and O–H groups in total. The molecule has 0 aliphatic carbocycles. The molecule has 0 aromatic carbocycles. The Balaban J connectivity index is 4.35. The summed E-state index contributed by atoms with van der Waals surface area (Å²) in [5, 5.41) is 3.40. The highest BCUT2D eigenvalue weighted by Gasteiger charge is 2.11. The predicted molar refractivity (Wildman–Crippen MR) is 263 cm³/mol. The summed E-state index contributed by atoms with van der Waals surface area (Å²) in [4.78, 5) is 14.8. The van der Waals surface area contributed by atoms with Crippen LogP contribution in [0.3, 0.4) is 0 Å². The van der Waals surface area contributed by atoms with Gasteiger partial charge in [0.25, 0.3) is 0 Å². The second-order valence-electron chi connectivity index (χ2n) is 19.2. The molecule has 0 heterocycles. The van der Waals surface area contributed by atoms with Crippen molar-refractivity contribution in [1.82, 2.24) is 10.2 Å². The molecule has 8 heteroatoms. The van der Waals surface area contributed by atoms with Crippen molar-refractivity contribution in [2.45, 2.75) is 272 Å². The number of nitrogens with two attached hydrogens (primary N) is 1. The molecule has 0 bridgehead atoms. The Labute approximate surface area is 380 Å². The minimum atomic E-state index is -0.190. The summed E-state index contributed by atoms with van der Waals surface area (Å²) in [6, 6.07) is 0. The van der Waals surface area contributed by atoms with Gasteiger partial charge in [-0.05, 0) is 91.8 Å². The minimum Gasteiger partial charge on any atom is -0.466 e. The first-order chi connectivity index (χ1) is 29.7. The molecule has 8 nitrogen and oxygen atoms in total. The molecule has 61 heavy (non-hydrogen) atoms. The Hall–Kier alpha value is -1.35. The fourth-order valence-electron chi connectivity index (χ4n) is 7.80. The van der Waals surface area contributed by atoms with Crippen molar-refractivity contribution in [3.05, 3.63) is 11.9 Å². The van der Waals surface area contributed by atoms with Crippen LogP contribution >= 0.6 is 0 Å². The summed E-state index contributed by atoms with van der Waals surface area (Å²) in [6.45, 7) is 19.6. The molecule has 0 unspecified atom stereocenters. The van der Waals surface area contributed by atoms with Crippen LogP contribution in [0.4, 0.5) is 0 Å². The van der Waals surface area contributed by atoms with E-state index in [2.05, 4.69) is 31.0 Å². The molecule has 0 amide bonds. The highest BCUT2D eigenvalue weighted by Crippen LogP contribution is 2.18. The fourth-order valence-corrected chi connectivity index (χ4v) is 7.80. The molecule has 0 fully saturated rings. The van der Waals surface area contributed by atoms with Crippen LogP contribution in [0.5, 0.6) is 0 Å². The SMILES string of the molecule is CCCCCCCCCOC(=O)CCCCCCCN(CCCCCCCCOCOC(CCCCCCCC)CCCCCCCC)CCCN/C=C(\N)COC(C)(C)C. The largest absolute Gasteiger partial charge is 0.466 e. The van der Waals surface area contributed by atoms with Gasteiger partial charge in [0.05, 0.1) is 30.6 Å². The summed E-state index contributed by atoms with van der Waals surface area (Å²) < 4.78 is 23.5. The number of ether oxygens (including phenoxy) is 4. The van der Waals surface area contributed by atoms with Crippen molar-refractivity contribution in [3.8, 4) is 0 Å². The molecule has 364 valence electrons. The Morgan fingerprint density at radius 1 is 0.574 bits per heavy atom. The molecule has 0 aliphatic heterocycles. The van der Waals surface area contributed by atoms with Gasteiger partial charge in [0.15, 0.2) is 0 Å². The zero-order valence-corrected chi connectivity index (χ0v) is 41.9. The van der Waals surface area contributed by atoms with Crippen LogP contribution in [0.2, 0.25) is 0 Å². The van der Waals surface area contributed by atoms with E-state index in [4.69, 9.17) is 24.7 Å². The van der Waals surface area contributed by atoms with Crippen LogP contribution in [0.25, 0.3) is 0 Å². The summed E-state index contributed by atoms with van der Waals surface area (Å²) in [5.74, 6) is -0.0107. The van der Waals surface area contributed by atoms with E-state index in [1.165, 1.54) is 186 Å². The van der Waals surface area contributed by atoms with E-state index in [-0.39, 0.29) is 11.6 Å². The lowest BCUT2D eigenvalue weighted by Crippen LogP contribution is -2.29. The first kappa shape index (κ1) is 59.6. The predicted octanol–water partition coefficient (Wildman–Crippen LogP) is 14.7. The van der Waals surface area contributed by atoms with Crippen molar-refractivity contribution in [3.63, 3.8) is 0 Å². The normalized spacial score (nSPS) is 12.3. The fraction of sp³-hybridized carbons (Fsp3) is 0.943. The van der Waals surface area contributed by atoms with Gasteiger partial charge in [0.1, 0.15) is 6.79 Å². The van der Waals surface area contributed by atoms with E-state index >= 15 is 0 Å². The van der Waals surface area contributed by atoms with Gasteiger partial charge in [-0.3, -0.25) is 4.79 Å². The Kier molecular flexibility index (Phi) is 45.6. The molecule has 0 aromatic rings. The van der Waals surface area contributed by atoms with E-state index in [9.17, 15) is 4.79 Å². The van der Waals surface area contributed by atoms with Crippen molar-refractivity contribution < 1.29 is 23.7 Å². The van der Waals surface area contributed by atoms with Gasteiger partial charge in [-0.1, -0.05) is 181 Å². The van der Waals surface area contributed by atoms with E-state index in [1.54, 1.807) is 0 Å². The lowest BCUT2D eigenvalue weighted by Gasteiger charge is -2.22. The van der Waals surface area contributed by atoms with Gasteiger partial charge in [-0.15, -0.1) is 0 Å². The van der Waals surface area contributed by atoms with Gasteiger partial charge in [0, 0.05) is 25.8 Å². The quantitative estimate of drug-likeness (QED) is 0.0355. The number of hydrogen-bond acceptors (Lipinski definition) is 8. The van der Waals surface area contributed by atoms with Crippen LogP contribution in [0.1, 0.15) is 260 Å². The standard InChI is InChI=1S/C53H107N3O5/c1-7-10-13-16-20-29-36-46-59-52(57)40-32-25-22-27-34-43-56(44-37-41-55-47-50(54)48-61-53(4,5)6)42-33-26-19-21-28-35-45-58-49-60-51(38-30-23-17-14-11-8-2)39-31-24-18-15-12-9-3/h47,51,55H,7-46,48-49,54H2,1-6H3/b50-47-. The van der Waals surface area contributed by atoms with Gasteiger partial charge in [-0.25, -0.2) is 0 Å². The molecule has 0 atom stereocenters. The summed E-state index contributed by atoms with van der Waals surface area (Å²) in [7, 11) is 0. The number of carbonyl (C=O) groups is 1. The number of hydrogen-bond donors (Lipinski definition) is 2. The van der Waals surface area contributed by atoms with E-state index in [0.29, 0.717) is 32.5 Å². The van der Waals surface area contributed by atoms with E-state index in [0.717, 1.165) is 64.0 Å². The Bertz CT molecular complexity index is 910. The van der Waals surface area contributed by atoms with Crippen molar-refractivity contribution >= 4 is 5.97 Å². The first-order valence-corrected chi connectivity index (χ1v) is 26.6. The maximum atomic E-state index is 12.2. The molecular weight excluding hydrogens is 759 g/mol. The average molecular weight is 866 g/mol. The lowest BCUT2D eigenvalue weighted by atomic mass is 10.0. The van der Waals surface area contributed by atoms with Gasteiger partial charge < -0.3 is 34.9 Å². The van der Waals surface area contributed by atoms with Crippen molar-refractivity contribution in [1.29, 1.82) is 0 Å². The van der Waals surface area contributed by atoms with Crippen LogP contribution in [-0.4, -0.2) is 75.4 Å². The highest BCUT2D eigenvalue weighted by molar-refractivity contribution is 5.69. The minimum absolute atomic E-state index is 0.0107. The molecule has 0 saturated carbocycles. The number of nitrogens with one attached hydrogen (secondary N) is 1. The second-order valence-corrected chi connectivity index (χ2v) is 19.2. The third-order valence-corrected chi connectivity index (χ3v) is 11.8. The van der Waals surface area contributed by atoms with Crippen LogP contribution < -0.4 is 11.1 Å². The number of esters is 1. The van der Waals surface area contributed by atoms with Crippen molar-refractivity contribution in [2.24, 2.45) is 5.73 Å². The molecular formula is C53H107N3O5. The smallest absolute Gasteiger partial charge is 0.305 e. The monoisotopic (exact) mass is 866 g/mol. The highest BCUT2D eigenvalue weighted by atomic mass is 16.7. The topological polar surface area (TPSA) is 95.3 Å². The summed E-state index contributed by atoms with van der Waals surface area (Å²) >= 11 is 0. The Morgan fingerprint density at radius 3 is 1.54 bits per heavy atom. The molecule has 0 radical (unpaired) electrons. The number of nitrogens with zero attached hydrogens (tertiary/aromatic N) is 1. The average Bonchev–Trinajstić information content (AvgIpc) is 3.23. The van der Waals surface area contributed by atoms with E-state index < -0.39 is 0 Å². The maximum Gasteiger partial charge on any atom is 0.305 e. The van der Waals surface area contributed by atoms with Gasteiger partial charge >= 0.3 is 5.97 Å². The third kappa shape index (κ3) is 48.0. The summed E-state index contributed by atoms with van der Waals surface area (Å²) in [6.07, 6.45) is 44.4. The molecule has 0 rings (SSSR count). The Morgan fingerprint density at radius 2 is 1.02 bits per heavy atom. The zero-order chi connectivity index (χ0) is 44.8. The van der Waals surface area contributed by atoms with Gasteiger partial charge in [-0.2, -0.15) is 0 Å². The molecule has 0 spiro atoms. The van der Waals surface area contributed by atoms with E-state index in [1.807, 2.05) is 27.0 Å². The zero-order valence-electron chi connectivity index (χ0n) is 41.9. The first-order valence-electron chi connectivity index (χ1n) is 26.6. The molecule has 0 aromatic heterocycles. The van der Waals surface area contributed by atoms with Crippen LogP contribution in [-0.2, 0) is 23.7 Å². The molecule has 0 saturated heterocycles. The number of carbonyl (C=O) groups excluding carboxylic acids is 1.